The average molecular weight is 357 g/mol. The van der Waals surface area contributed by atoms with Crippen LogP contribution in [0.15, 0.2) is 48.7 Å². The van der Waals surface area contributed by atoms with Crippen LogP contribution in [0.2, 0.25) is 0 Å². The number of benzene rings is 1. The molecule has 0 radical (unpaired) electrons. The van der Waals surface area contributed by atoms with E-state index in [1.54, 1.807) is 24.0 Å². The largest absolute Gasteiger partial charge is 0.478 e. The summed E-state index contributed by atoms with van der Waals surface area (Å²) in [5.74, 6) is -0.438. The van der Waals surface area contributed by atoms with E-state index in [0.717, 1.165) is 31.7 Å². The maximum Gasteiger partial charge on any atom is 0.263 e. The molecule has 1 fully saturated rings. The zero-order chi connectivity index (χ0) is 18.4. The van der Waals surface area contributed by atoms with Crippen molar-refractivity contribution >= 4 is 5.91 Å². The van der Waals surface area contributed by atoms with Gasteiger partial charge in [0.05, 0.1) is 0 Å². The van der Waals surface area contributed by atoms with Gasteiger partial charge in [-0.1, -0.05) is 18.2 Å². The first-order chi connectivity index (χ1) is 12.6. The third kappa shape index (κ3) is 4.79. The minimum absolute atomic E-state index is 0.0994. The smallest absolute Gasteiger partial charge is 0.263 e. The Balaban J connectivity index is 1.45. The van der Waals surface area contributed by atoms with Gasteiger partial charge >= 0.3 is 0 Å². The number of rotatable bonds is 6. The van der Waals surface area contributed by atoms with Crippen molar-refractivity contribution in [3.63, 3.8) is 0 Å². The van der Waals surface area contributed by atoms with E-state index >= 15 is 0 Å². The number of ether oxygens (including phenoxy) is 1. The maximum atomic E-state index is 13.7. The van der Waals surface area contributed by atoms with Gasteiger partial charge < -0.3 is 9.64 Å². The fraction of sp³-hybridized carbons (Fsp3) is 0.400. The summed E-state index contributed by atoms with van der Waals surface area (Å²) in [6, 6.07) is 12.1. The summed E-state index contributed by atoms with van der Waals surface area (Å²) < 4.78 is 19.2. The van der Waals surface area contributed by atoms with Crippen LogP contribution >= 0.6 is 0 Å². The van der Waals surface area contributed by atoms with Crippen molar-refractivity contribution in [1.29, 1.82) is 0 Å². The van der Waals surface area contributed by atoms with Crippen molar-refractivity contribution in [3.8, 4) is 5.75 Å². The summed E-state index contributed by atoms with van der Waals surface area (Å²) in [5, 5.41) is 0. The molecule has 3 rings (SSSR count). The lowest BCUT2D eigenvalue weighted by Crippen LogP contribution is -2.52. The van der Waals surface area contributed by atoms with Gasteiger partial charge in [-0.2, -0.15) is 0 Å². The predicted octanol–water partition coefficient (Wildman–Crippen LogP) is 2.37. The molecule has 1 aromatic carbocycles. The van der Waals surface area contributed by atoms with Gasteiger partial charge in [-0.25, -0.2) is 4.39 Å². The zero-order valence-corrected chi connectivity index (χ0v) is 15.0. The van der Waals surface area contributed by atoms with Gasteiger partial charge in [0.1, 0.15) is 0 Å². The van der Waals surface area contributed by atoms with E-state index in [-0.39, 0.29) is 11.7 Å². The molecule has 1 saturated heterocycles. The van der Waals surface area contributed by atoms with Crippen molar-refractivity contribution in [2.75, 3.05) is 32.7 Å². The highest BCUT2D eigenvalue weighted by atomic mass is 19.1. The van der Waals surface area contributed by atoms with Gasteiger partial charge in [0.2, 0.25) is 0 Å². The van der Waals surface area contributed by atoms with Crippen LogP contribution in [-0.4, -0.2) is 59.5 Å². The lowest BCUT2D eigenvalue weighted by molar-refractivity contribution is -0.139. The van der Waals surface area contributed by atoms with E-state index in [1.165, 1.54) is 12.1 Å². The van der Waals surface area contributed by atoms with E-state index in [2.05, 4.69) is 9.88 Å². The number of aromatic nitrogens is 1. The van der Waals surface area contributed by atoms with E-state index in [4.69, 9.17) is 4.74 Å². The molecule has 0 aliphatic carbocycles. The Bertz CT molecular complexity index is 718. The highest BCUT2D eigenvalue weighted by molar-refractivity contribution is 5.81. The Hall–Kier alpha value is -2.47. The van der Waals surface area contributed by atoms with Crippen LogP contribution in [0.3, 0.4) is 0 Å². The van der Waals surface area contributed by atoms with Crippen LogP contribution in [0.1, 0.15) is 12.6 Å². The van der Waals surface area contributed by atoms with E-state index in [1.807, 2.05) is 24.4 Å². The quantitative estimate of drug-likeness (QED) is 0.796. The van der Waals surface area contributed by atoms with Crippen LogP contribution in [0, 0.1) is 5.82 Å². The Morgan fingerprint density at radius 1 is 1.15 bits per heavy atom. The summed E-state index contributed by atoms with van der Waals surface area (Å²) in [4.78, 5) is 21.0. The first kappa shape index (κ1) is 18.3. The number of carbonyl (C=O) groups excluding carboxylic acids is 1. The molecule has 2 aromatic rings. The number of halogens is 1. The Morgan fingerprint density at radius 3 is 2.58 bits per heavy atom. The molecule has 138 valence electrons. The molecule has 1 aliphatic rings. The molecule has 6 heteroatoms. The van der Waals surface area contributed by atoms with Gasteiger partial charge in [-0.3, -0.25) is 14.7 Å². The molecule has 1 atom stereocenters. The minimum Gasteiger partial charge on any atom is -0.478 e. The summed E-state index contributed by atoms with van der Waals surface area (Å²) in [6.45, 7) is 5.57. The van der Waals surface area contributed by atoms with Crippen LogP contribution < -0.4 is 4.74 Å². The van der Waals surface area contributed by atoms with Crippen LogP contribution in [-0.2, 0) is 11.2 Å². The molecule has 1 aromatic heterocycles. The third-order valence-corrected chi connectivity index (χ3v) is 4.58. The van der Waals surface area contributed by atoms with Crippen LogP contribution in [0.4, 0.5) is 4.39 Å². The summed E-state index contributed by atoms with van der Waals surface area (Å²) >= 11 is 0. The van der Waals surface area contributed by atoms with Gasteiger partial charge in [0.15, 0.2) is 17.7 Å². The molecule has 0 spiro atoms. The normalized spacial score (nSPS) is 16.3. The highest BCUT2D eigenvalue weighted by Gasteiger charge is 2.26. The second-order valence-electron chi connectivity index (χ2n) is 6.43. The fourth-order valence-corrected chi connectivity index (χ4v) is 3.05. The lowest BCUT2D eigenvalue weighted by Gasteiger charge is -2.35. The van der Waals surface area contributed by atoms with Gasteiger partial charge in [-0.05, 0) is 31.2 Å². The number of hydrogen-bond acceptors (Lipinski definition) is 4. The van der Waals surface area contributed by atoms with Crippen molar-refractivity contribution in [1.82, 2.24) is 14.8 Å². The first-order valence-corrected chi connectivity index (χ1v) is 8.96. The van der Waals surface area contributed by atoms with Crippen molar-refractivity contribution in [3.05, 3.63) is 60.2 Å². The number of amides is 1. The predicted molar refractivity (Wildman–Crippen MR) is 97.5 cm³/mol. The molecule has 26 heavy (non-hydrogen) atoms. The van der Waals surface area contributed by atoms with Crippen LogP contribution in [0.5, 0.6) is 5.75 Å². The minimum atomic E-state index is -0.702. The zero-order valence-electron chi connectivity index (χ0n) is 15.0. The average Bonchev–Trinajstić information content (AvgIpc) is 2.69. The molecule has 5 nitrogen and oxygen atoms in total. The molecular formula is C20H24FN3O2. The Labute approximate surface area is 153 Å². The number of hydrogen-bond donors (Lipinski definition) is 0. The number of pyridine rings is 1. The standard InChI is InChI=1S/C20H24FN3O2/c1-16(26-19-8-3-2-7-18(19)21)20(25)24-14-12-23(13-15-24)11-9-17-6-4-5-10-22-17/h2-8,10,16H,9,11-15H2,1H3. The molecule has 2 heterocycles. The molecular weight excluding hydrogens is 333 g/mol. The third-order valence-electron chi connectivity index (χ3n) is 4.58. The molecule has 1 unspecified atom stereocenters. The fourth-order valence-electron chi connectivity index (χ4n) is 3.05. The van der Waals surface area contributed by atoms with Gasteiger partial charge in [-0.15, -0.1) is 0 Å². The summed E-state index contributed by atoms with van der Waals surface area (Å²) in [5.41, 5.74) is 1.08. The second-order valence-corrected chi connectivity index (χ2v) is 6.43. The molecule has 0 N–H and O–H groups in total. The van der Waals surface area contributed by atoms with E-state index < -0.39 is 11.9 Å². The number of piperazine rings is 1. The molecule has 1 amide bonds. The number of para-hydroxylation sites is 1. The van der Waals surface area contributed by atoms with E-state index in [0.29, 0.717) is 13.1 Å². The Kier molecular flexibility index (Phi) is 6.17. The summed E-state index contributed by atoms with van der Waals surface area (Å²) in [6.07, 6.45) is 2.01. The summed E-state index contributed by atoms with van der Waals surface area (Å²) in [7, 11) is 0. The van der Waals surface area contributed by atoms with Crippen molar-refractivity contribution in [2.45, 2.75) is 19.4 Å². The van der Waals surface area contributed by atoms with Crippen LogP contribution in [0.25, 0.3) is 0 Å². The molecule has 0 saturated carbocycles. The molecule has 0 bridgehead atoms. The van der Waals surface area contributed by atoms with Crippen molar-refractivity contribution in [2.24, 2.45) is 0 Å². The van der Waals surface area contributed by atoms with Gasteiger partial charge in [0.25, 0.3) is 5.91 Å². The second kappa shape index (κ2) is 8.76. The SMILES string of the molecule is CC(Oc1ccccc1F)C(=O)N1CCN(CCc2ccccn2)CC1. The van der Waals surface area contributed by atoms with Gasteiger partial charge in [0, 0.05) is 51.0 Å². The molecule has 1 aliphatic heterocycles. The topological polar surface area (TPSA) is 45.7 Å². The number of carbonyl (C=O) groups is 1. The first-order valence-electron chi connectivity index (χ1n) is 8.96. The monoisotopic (exact) mass is 357 g/mol. The maximum absolute atomic E-state index is 13.7. The van der Waals surface area contributed by atoms with E-state index in [9.17, 15) is 9.18 Å². The highest BCUT2D eigenvalue weighted by Crippen LogP contribution is 2.18. The number of nitrogens with zero attached hydrogens (tertiary/aromatic N) is 3. The lowest BCUT2D eigenvalue weighted by atomic mass is 10.2. The Morgan fingerprint density at radius 2 is 1.88 bits per heavy atom. The van der Waals surface area contributed by atoms with Crippen molar-refractivity contribution < 1.29 is 13.9 Å².